The second-order valence-corrected chi connectivity index (χ2v) is 7.33. The lowest BCUT2D eigenvalue weighted by atomic mass is 10.0. The lowest BCUT2D eigenvalue weighted by Crippen LogP contribution is -2.29. The van der Waals surface area contributed by atoms with E-state index in [1.54, 1.807) is 0 Å². The number of aromatic nitrogens is 1. The Morgan fingerprint density at radius 3 is 2.75 bits per heavy atom. The summed E-state index contributed by atoms with van der Waals surface area (Å²) in [5, 5.41) is 2.29. The highest BCUT2D eigenvalue weighted by Gasteiger charge is 2.19. The summed E-state index contributed by atoms with van der Waals surface area (Å²) >= 11 is 0. The van der Waals surface area contributed by atoms with E-state index in [0.717, 1.165) is 41.0 Å². The van der Waals surface area contributed by atoms with Crippen molar-refractivity contribution in [1.29, 1.82) is 0 Å². The van der Waals surface area contributed by atoms with E-state index in [-0.39, 0.29) is 5.91 Å². The Morgan fingerprint density at radius 2 is 1.96 bits per heavy atom. The number of rotatable bonds is 6. The smallest absolute Gasteiger partial charge is 0.222 e. The van der Waals surface area contributed by atoms with E-state index < -0.39 is 0 Å². The summed E-state index contributed by atoms with van der Waals surface area (Å²) in [5.74, 6) is 2.01. The molecule has 0 aliphatic carbocycles. The van der Waals surface area contributed by atoms with Crippen molar-refractivity contribution < 1.29 is 9.53 Å². The minimum Gasteiger partial charge on any atom is -0.492 e. The van der Waals surface area contributed by atoms with Gasteiger partial charge in [0.15, 0.2) is 0 Å². The molecule has 28 heavy (non-hydrogen) atoms. The van der Waals surface area contributed by atoms with Gasteiger partial charge in [0.1, 0.15) is 18.2 Å². The first-order chi connectivity index (χ1) is 13.6. The number of ether oxygens (including phenoxy) is 1. The van der Waals surface area contributed by atoms with E-state index in [9.17, 15) is 4.79 Å². The highest BCUT2D eigenvalue weighted by molar-refractivity contribution is 5.90. The molecule has 5 heteroatoms. The monoisotopic (exact) mass is 375 g/mol. The highest BCUT2D eigenvalue weighted by Crippen LogP contribution is 2.31. The Bertz CT molecular complexity index is 1000. The number of nitrogens with zero attached hydrogens (tertiary/aromatic N) is 3. The van der Waals surface area contributed by atoms with Crippen LogP contribution in [0.2, 0.25) is 0 Å². The van der Waals surface area contributed by atoms with Crippen molar-refractivity contribution in [1.82, 2.24) is 9.88 Å². The Morgan fingerprint density at radius 1 is 1.11 bits per heavy atom. The Hall–Kier alpha value is -3.08. The zero-order valence-corrected chi connectivity index (χ0v) is 16.4. The van der Waals surface area contributed by atoms with E-state index in [2.05, 4.69) is 41.4 Å². The number of amides is 1. The number of carbonyl (C=O) groups excluding carboxylic acids is 1. The van der Waals surface area contributed by atoms with E-state index in [4.69, 9.17) is 4.74 Å². The topological polar surface area (TPSA) is 45.7 Å². The van der Waals surface area contributed by atoms with Crippen LogP contribution < -0.4 is 9.64 Å². The van der Waals surface area contributed by atoms with Crippen molar-refractivity contribution >= 4 is 22.5 Å². The average molecular weight is 375 g/mol. The molecule has 1 aromatic heterocycles. The summed E-state index contributed by atoms with van der Waals surface area (Å²) in [6.45, 7) is 2.02. The van der Waals surface area contributed by atoms with Gasteiger partial charge in [-0.05, 0) is 53.1 Å². The maximum absolute atomic E-state index is 11.7. The molecule has 1 aliphatic heterocycles. The predicted molar refractivity (Wildman–Crippen MR) is 113 cm³/mol. The molecule has 0 unspecified atom stereocenters. The number of carbonyl (C=O) groups is 1. The molecule has 0 spiro atoms. The van der Waals surface area contributed by atoms with Crippen LogP contribution in [0.3, 0.4) is 0 Å². The molecule has 144 valence electrons. The van der Waals surface area contributed by atoms with Crippen molar-refractivity contribution in [3.05, 3.63) is 54.7 Å². The van der Waals surface area contributed by atoms with Crippen molar-refractivity contribution in [3.8, 4) is 16.9 Å². The van der Waals surface area contributed by atoms with Gasteiger partial charge in [-0.15, -0.1) is 0 Å². The van der Waals surface area contributed by atoms with Gasteiger partial charge in [-0.1, -0.05) is 18.2 Å². The maximum atomic E-state index is 11.7. The van der Waals surface area contributed by atoms with E-state index in [1.807, 2.05) is 42.2 Å². The van der Waals surface area contributed by atoms with Gasteiger partial charge in [0.25, 0.3) is 0 Å². The largest absolute Gasteiger partial charge is 0.492 e. The number of pyridine rings is 1. The molecule has 1 saturated heterocycles. The average Bonchev–Trinajstić information content (AvgIpc) is 3.12. The summed E-state index contributed by atoms with van der Waals surface area (Å²) in [5.41, 5.74) is 2.23. The van der Waals surface area contributed by atoms with Gasteiger partial charge in [-0.2, -0.15) is 0 Å². The van der Waals surface area contributed by atoms with Crippen LogP contribution in [0.4, 0.5) is 5.82 Å². The van der Waals surface area contributed by atoms with Gasteiger partial charge in [-0.25, -0.2) is 4.98 Å². The van der Waals surface area contributed by atoms with Gasteiger partial charge < -0.3 is 14.5 Å². The standard InChI is InChI=1S/C23H25N3O2/c1-25(2)23-21(5-3-11-24-23)18-8-7-17-9-10-20(16-19(17)15-18)28-14-13-26-12-4-6-22(26)27/h3,5,7-11,15-16H,4,6,12-14H2,1-2H3. The van der Waals surface area contributed by atoms with Crippen LogP contribution in [0, 0.1) is 0 Å². The number of fused-ring (bicyclic) bond motifs is 1. The van der Waals surface area contributed by atoms with Gasteiger partial charge in [0.2, 0.25) is 5.91 Å². The first kappa shape index (κ1) is 18.3. The molecule has 0 N–H and O–H groups in total. The minimum absolute atomic E-state index is 0.236. The number of hydrogen-bond donors (Lipinski definition) is 0. The fourth-order valence-electron chi connectivity index (χ4n) is 3.67. The van der Waals surface area contributed by atoms with Crippen molar-refractivity contribution in [3.63, 3.8) is 0 Å². The third-order valence-corrected chi connectivity index (χ3v) is 5.13. The predicted octanol–water partition coefficient (Wildman–Crippen LogP) is 3.97. The number of likely N-dealkylation sites (tertiary alicyclic amines) is 1. The molecule has 0 bridgehead atoms. The summed E-state index contributed by atoms with van der Waals surface area (Å²) in [6.07, 6.45) is 3.44. The normalized spacial score (nSPS) is 13.9. The molecule has 0 saturated carbocycles. The van der Waals surface area contributed by atoms with Gasteiger partial charge >= 0.3 is 0 Å². The number of hydrogen-bond acceptors (Lipinski definition) is 4. The second-order valence-electron chi connectivity index (χ2n) is 7.33. The van der Waals surface area contributed by atoms with Crippen LogP contribution in [0.15, 0.2) is 54.7 Å². The third-order valence-electron chi connectivity index (χ3n) is 5.13. The lowest BCUT2D eigenvalue weighted by Gasteiger charge is -2.17. The molecule has 4 rings (SSSR count). The second kappa shape index (κ2) is 7.89. The van der Waals surface area contributed by atoms with Crippen LogP contribution in [-0.2, 0) is 4.79 Å². The van der Waals surface area contributed by atoms with Crippen molar-refractivity contribution in [2.24, 2.45) is 0 Å². The first-order valence-electron chi connectivity index (χ1n) is 9.69. The van der Waals surface area contributed by atoms with Crippen LogP contribution in [-0.4, -0.2) is 49.6 Å². The lowest BCUT2D eigenvalue weighted by molar-refractivity contribution is -0.128. The van der Waals surface area contributed by atoms with E-state index in [1.165, 1.54) is 5.39 Å². The highest BCUT2D eigenvalue weighted by atomic mass is 16.5. The maximum Gasteiger partial charge on any atom is 0.222 e. The van der Waals surface area contributed by atoms with Crippen LogP contribution in [0.25, 0.3) is 21.9 Å². The van der Waals surface area contributed by atoms with E-state index >= 15 is 0 Å². The Labute approximate surface area is 165 Å². The summed E-state index contributed by atoms with van der Waals surface area (Å²) in [4.78, 5) is 20.1. The number of benzene rings is 2. The fraction of sp³-hybridized carbons (Fsp3) is 0.304. The van der Waals surface area contributed by atoms with Crippen molar-refractivity contribution in [2.45, 2.75) is 12.8 Å². The van der Waals surface area contributed by atoms with Crippen LogP contribution in [0.1, 0.15) is 12.8 Å². The summed E-state index contributed by atoms with van der Waals surface area (Å²) in [7, 11) is 4.01. The molecule has 2 aromatic carbocycles. The van der Waals surface area contributed by atoms with Gasteiger partial charge in [0, 0.05) is 38.8 Å². The zero-order valence-electron chi connectivity index (χ0n) is 16.4. The molecule has 5 nitrogen and oxygen atoms in total. The Kier molecular flexibility index (Phi) is 5.15. The van der Waals surface area contributed by atoms with Crippen LogP contribution >= 0.6 is 0 Å². The number of anilines is 1. The van der Waals surface area contributed by atoms with Crippen molar-refractivity contribution in [2.75, 3.05) is 38.7 Å². The molecule has 0 atom stereocenters. The molecule has 0 radical (unpaired) electrons. The van der Waals surface area contributed by atoms with E-state index in [0.29, 0.717) is 19.6 Å². The van der Waals surface area contributed by atoms with Crippen LogP contribution in [0.5, 0.6) is 5.75 Å². The fourth-order valence-corrected chi connectivity index (χ4v) is 3.67. The summed E-state index contributed by atoms with van der Waals surface area (Å²) < 4.78 is 5.92. The zero-order chi connectivity index (χ0) is 19.5. The quantitative estimate of drug-likeness (QED) is 0.654. The molecule has 1 fully saturated rings. The van der Waals surface area contributed by atoms with Gasteiger partial charge in [0.05, 0.1) is 6.54 Å². The first-order valence-corrected chi connectivity index (χ1v) is 9.69. The molecule has 1 amide bonds. The third kappa shape index (κ3) is 3.79. The molecule has 1 aliphatic rings. The SMILES string of the molecule is CN(C)c1ncccc1-c1ccc2ccc(OCCN3CCCC3=O)cc2c1. The molecule has 2 heterocycles. The van der Waals surface area contributed by atoms with Gasteiger partial charge in [-0.3, -0.25) is 4.79 Å². The molecule has 3 aromatic rings. The molecular weight excluding hydrogens is 350 g/mol. The summed E-state index contributed by atoms with van der Waals surface area (Å²) in [6, 6.07) is 16.6. The minimum atomic E-state index is 0.236. The Balaban J connectivity index is 1.55. The molecular formula is C23H25N3O2.